The Balaban J connectivity index is 1.59. The number of methoxy groups -OCH3 is 2. The summed E-state index contributed by atoms with van der Waals surface area (Å²) in [5.74, 6) is -0.0741. The average Bonchev–Trinajstić information content (AvgIpc) is 3.26. The van der Waals surface area contributed by atoms with E-state index in [9.17, 15) is 14.4 Å². The summed E-state index contributed by atoms with van der Waals surface area (Å²) in [4.78, 5) is 41.8. The van der Waals surface area contributed by atoms with Crippen molar-refractivity contribution in [1.82, 2.24) is 4.90 Å². The van der Waals surface area contributed by atoms with Gasteiger partial charge in [0.1, 0.15) is 6.04 Å². The number of thiocarbonyl (C=S) groups is 1. The van der Waals surface area contributed by atoms with Crippen molar-refractivity contribution in [3.05, 3.63) is 82.9 Å². The third kappa shape index (κ3) is 6.96. The first-order valence-corrected chi connectivity index (χ1v) is 13.7. The normalized spacial score (nSPS) is 14.5. The fourth-order valence-corrected chi connectivity index (χ4v) is 5.06. The molecule has 214 valence electrons. The second-order valence-electron chi connectivity index (χ2n) is 9.13. The zero-order valence-corrected chi connectivity index (χ0v) is 24.5. The predicted octanol–water partition coefficient (Wildman–Crippen LogP) is 5.11. The summed E-state index contributed by atoms with van der Waals surface area (Å²) >= 11 is 11.9. The highest BCUT2D eigenvalue weighted by Crippen LogP contribution is 2.30. The van der Waals surface area contributed by atoms with Crippen LogP contribution in [0.3, 0.4) is 0 Å². The first-order chi connectivity index (χ1) is 19.7. The van der Waals surface area contributed by atoms with E-state index in [1.807, 2.05) is 24.3 Å². The van der Waals surface area contributed by atoms with Crippen molar-refractivity contribution in [2.24, 2.45) is 0 Å². The van der Waals surface area contributed by atoms with Crippen LogP contribution < -0.4 is 19.7 Å². The van der Waals surface area contributed by atoms with Crippen LogP contribution in [0.1, 0.15) is 29.3 Å². The molecule has 1 N–H and O–H groups in total. The van der Waals surface area contributed by atoms with Crippen LogP contribution in [-0.2, 0) is 20.7 Å². The minimum atomic E-state index is -0.841. The molecule has 0 aromatic heterocycles. The number of imide groups is 1. The molecule has 0 bridgehead atoms. The lowest BCUT2D eigenvalue weighted by atomic mass is 10.1. The average molecular weight is 596 g/mol. The number of anilines is 2. The minimum Gasteiger partial charge on any atom is -0.493 e. The standard InChI is InChI=1S/C30H30ClN3O6S/c1-4-40-29(37)20-9-11-23(12-10-20)34-27(35)18-24(28(34)36)33(30(41)32-22-7-5-6-21(31)17-22)15-14-19-8-13-25(38-2)26(16-19)39-3/h5-13,16-17,24H,4,14-15,18H2,1-3H3,(H,32,41). The molecule has 0 saturated carbocycles. The first-order valence-electron chi connectivity index (χ1n) is 12.9. The van der Waals surface area contributed by atoms with Gasteiger partial charge in [0.15, 0.2) is 16.6 Å². The van der Waals surface area contributed by atoms with Gasteiger partial charge in [0.05, 0.1) is 38.5 Å². The highest BCUT2D eigenvalue weighted by Gasteiger charge is 2.43. The topological polar surface area (TPSA) is 97.4 Å². The fourth-order valence-electron chi connectivity index (χ4n) is 4.54. The molecule has 41 heavy (non-hydrogen) atoms. The van der Waals surface area contributed by atoms with Crippen molar-refractivity contribution in [2.75, 3.05) is 37.6 Å². The van der Waals surface area contributed by atoms with E-state index in [-0.39, 0.29) is 24.0 Å². The number of benzene rings is 3. The molecule has 11 heteroatoms. The van der Waals surface area contributed by atoms with Gasteiger partial charge in [-0.2, -0.15) is 0 Å². The van der Waals surface area contributed by atoms with Crippen LogP contribution in [0, 0.1) is 0 Å². The van der Waals surface area contributed by atoms with E-state index in [1.165, 1.54) is 12.1 Å². The molecule has 1 atom stereocenters. The van der Waals surface area contributed by atoms with Gasteiger partial charge in [0, 0.05) is 17.3 Å². The van der Waals surface area contributed by atoms with Crippen molar-refractivity contribution in [3.63, 3.8) is 0 Å². The van der Waals surface area contributed by atoms with E-state index in [4.69, 9.17) is 38.0 Å². The second-order valence-corrected chi connectivity index (χ2v) is 9.95. The maximum Gasteiger partial charge on any atom is 0.338 e. The van der Waals surface area contributed by atoms with Gasteiger partial charge in [-0.05, 0) is 85.7 Å². The minimum absolute atomic E-state index is 0.0677. The molecule has 0 aliphatic carbocycles. The van der Waals surface area contributed by atoms with Gasteiger partial charge in [-0.25, -0.2) is 9.69 Å². The lowest BCUT2D eigenvalue weighted by Gasteiger charge is -2.30. The summed E-state index contributed by atoms with van der Waals surface area (Å²) in [5.41, 5.74) is 2.28. The van der Waals surface area contributed by atoms with E-state index < -0.39 is 17.9 Å². The Morgan fingerprint density at radius 2 is 1.78 bits per heavy atom. The van der Waals surface area contributed by atoms with Crippen LogP contribution in [0.15, 0.2) is 66.7 Å². The number of amides is 2. The Bertz CT molecular complexity index is 1450. The molecule has 0 spiro atoms. The highest BCUT2D eigenvalue weighted by molar-refractivity contribution is 7.80. The predicted molar refractivity (Wildman–Crippen MR) is 161 cm³/mol. The molecule has 3 aromatic rings. The van der Waals surface area contributed by atoms with Gasteiger partial charge in [0.2, 0.25) is 5.91 Å². The number of halogens is 1. The summed E-state index contributed by atoms with van der Waals surface area (Å²) in [6.45, 7) is 2.30. The monoisotopic (exact) mass is 595 g/mol. The Kier molecular flexibility index (Phi) is 9.80. The molecular weight excluding hydrogens is 566 g/mol. The van der Waals surface area contributed by atoms with Crippen LogP contribution in [0.25, 0.3) is 0 Å². The van der Waals surface area contributed by atoms with Crippen LogP contribution in [0.5, 0.6) is 11.5 Å². The van der Waals surface area contributed by atoms with Gasteiger partial charge in [-0.15, -0.1) is 0 Å². The number of carbonyl (C=O) groups excluding carboxylic acids is 3. The van der Waals surface area contributed by atoms with Gasteiger partial charge in [-0.3, -0.25) is 9.59 Å². The molecule has 2 amide bonds. The SMILES string of the molecule is CCOC(=O)c1ccc(N2C(=O)CC(N(CCc3ccc(OC)c(OC)c3)C(=S)Nc3cccc(Cl)c3)C2=O)cc1. The van der Waals surface area contributed by atoms with Gasteiger partial charge in [-0.1, -0.05) is 23.7 Å². The molecule has 1 heterocycles. The Morgan fingerprint density at radius 1 is 1.05 bits per heavy atom. The molecule has 1 unspecified atom stereocenters. The molecule has 1 saturated heterocycles. The number of ether oxygens (including phenoxy) is 3. The van der Waals surface area contributed by atoms with Gasteiger partial charge in [0.25, 0.3) is 5.91 Å². The van der Waals surface area contributed by atoms with E-state index >= 15 is 0 Å². The number of carbonyl (C=O) groups is 3. The zero-order chi connectivity index (χ0) is 29.5. The summed E-state index contributed by atoms with van der Waals surface area (Å²) in [6, 6.07) is 18.0. The number of nitrogens with one attached hydrogen (secondary N) is 1. The van der Waals surface area contributed by atoms with E-state index in [2.05, 4.69) is 5.32 Å². The molecule has 4 rings (SSSR count). The Morgan fingerprint density at radius 3 is 2.44 bits per heavy atom. The van der Waals surface area contributed by atoms with Crippen molar-refractivity contribution >= 4 is 58.1 Å². The fraction of sp³-hybridized carbons (Fsp3) is 0.267. The molecule has 1 aliphatic heterocycles. The van der Waals surface area contributed by atoms with Crippen molar-refractivity contribution in [3.8, 4) is 11.5 Å². The van der Waals surface area contributed by atoms with Gasteiger partial charge >= 0.3 is 5.97 Å². The van der Waals surface area contributed by atoms with E-state index in [0.29, 0.717) is 46.4 Å². The number of esters is 1. The van der Waals surface area contributed by atoms with Crippen molar-refractivity contribution in [2.45, 2.75) is 25.8 Å². The second kappa shape index (κ2) is 13.5. The number of rotatable bonds is 10. The Labute approximate surface area is 248 Å². The van der Waals surface area contributed by atoms with Crippen molar-refractivity contribution < 1.29 is 28.6 Å². The third-order valence-corrected chi connectivity index (χ3v) is 7.13. The zero-order valence-electron chi connectivity index (χ0n) is 22.9. The van der Waals surface area contributed by atoms with Crippen LogP contribution in [-0.4, -0.2) is 61.2 Å². The maximum absolute atomic E-state index is 13.7. The number of nitrogens with zero attached hydrogens (tertiary/aromatic N) is 2. The lowest BCUT2D eigenvalue weighted by Crippen LogP contribution is -2.48. The Hall–Kier alpha value is -4.15. The number of hydrogen-bond donors (Lipinski definition) is 1. The summed E-state index contributed by atoms with van der Waals surface area (Å²) in [5, 5.41) is 3.96. The molecule has 1 fully saturated rings. The third-order valence-electron chi connectivity index (χ3n) is 6.56. The summed E-state index contributed by atoms with van der Waals surface area (Å²) in [7, 11) is 3.13. The lowest BCUT2D eigenvalue weighted by molar-refractivity contribution is -0.122. The molecular formula is C30H30ClN3O6S. The molecule has 1 aliphatic rings. The largest absolute Gasteiger partial charge is 0.493 e. The maximum atomic E-state index is 13.7. The van der Waals surface area contributed by atoms with Crippen LogP contribution >= 0.6 is 23.8 Å². The van der Waals surface area contributed by atoms with E-state index in [0.717, 1.165) is 10.5 Å². The smallest absolute Gasteiger partial charge is 0.338 e. The number of hydrogen-bond acceptors (Lipinski definition) is 7. The van der Waals surface area contributed by atoms with Crippen molar-refractivity contribution in [1.29, 1.82) is 0 Å². The van der Waals surface area contributed by atoms with Gasteiger partial charge < -0.3 is 24.4 Å². The quantitative estimate of drug-likeness (QED) is 0.195. The summed E-state index contributed by atoms with van der Waals surface area (Å²) in [6.07, 6.45) is 0.436. The van der Waals surface area contributed by atoms with Crippen LogP contribution in [0.2, 0.25) is 5.02 Å². The van der Waals surface area contributed by atoms with E-state index in [1.54, 1.807) is 56.4 Å². The molecule has 3 aromatic carbocycles. The molecule has 0 radical (unpaired) electrons. The molecule has 9 nitrogen and oxygen atoms in total. The first kappa shape index (κ1) is 29.8. The summed E-state index contributed by atoms with van der Waals surface area (Å²) < 4.78 is 15.8. The highest BCUT2D eigenvalue weighted by atomic mass is 35.5. The van der Waals surface area contributed by atoms with Crippen LogP contribution in [0.4, 0.5) is 11.4 Å².